The topological polar surface area (TPSA) is 75.6 Å². The van der Waals surface area contributed by atoms with E-state index in [0.717, 1.165) is 12.8 Å². The van der Waals surface area contributed by atoms with Crippen molar-refractivity contribution in [2.45, 2.75) is 32.3 Å². The molecule has 114 valence electrons. The minimum absolute atomic E-state index is 0.00310. The Kier molecular flexibility index (Phi) is 5.20. The lowest BCUT2D eigenvalue weighted by atomic mass is 9.80. The number of nitrogens with one attached hydrogen (secondary N) is 1. The highest BCUT2D eigenvalue weighted by Crippen LogP contribution is 2.33. The average molecular weight is 312 g/mol. The molecule has 1 aliphatic rings. The molecule has 0 unspecified atom stereocenters. The van der Waals surface area contributed by atoms with Gasteiger partial charge in [0.1, 0.15) is 0 Å². The summed E-state index contributed by atoms with van der Waals surface area (Å²) in [7, 11) is 0. The molecule has 5 nitrogen and oxygen atoms in total. The average Bonchev–Trinajstić information content (AvgIpc) is 2.38. The van der Waals surface area contributed by atoms with Crippen molar-refractivity contribution in [2.75, 3.05) is 11.9 Å². The Hall–Kier alpha value is -1.59. The molecule has 1 amide bonds. The number of carbonyl (C=O) groups excluding carboxylic acids is 1. The number of hydrogen-bond acceptors (Lipinski definition) is 3. The number of hydrogen-bond donors (Lipinski definition) is 2. The molecule has 0 atom stereocenters. The lowest BCUT2D eigenvalue weighted by molar-refractivity contribution is -0.119. The van der Waals surface area contributed by atoms with E-state index in [-0.39, 0.29) is 23.3 Å². The van der Waals surface area contributed by atoms with E-state index < -0.39 is 5.97 Å². The predicted octanol–water partition coefficient (Wildman–Crippen LogP) is 3.18. The quantitative estimate of drug-likeness (QED) is 0.846. The number of anilines is 1. The summed E-state index contributed by atoms with van der Waals surface area (Å²) in [5.41, 5.74) is 0.272. The van der Waals surface area contributed by atoms with Gasteiger partial charge in [-0.05, 0) is 43.9 Å². The first-order valence-corrected chi connectivity index (χ1v) is 7.31. The molecule has 0 radical (unpaired) electrons. The molecule has 1 saturated carbocycles. The maximum absolute atomic E-state index is 12.0. The van der Waals surface area contributed by atoms with Gasteiger partial charge in [0.25, 0.3) is 0 Å². The van der Waals surface area contributed by atoms with Gasteiger partial charge in [0, 0.05) is 18.1 Å². The van der Waals surface area contributed by atoms with Crippen molar-refractivity contribution in [3.63, 3.8) is 0 Å². The lowest BCUT2D eigenvalue weighted by Gasteiger charge is -2.34. The molecule has 2 N–H and O–H groups in total. The summed E-state index contributed by atoms with van der Waals surface area (Å²) < 4.78 is 5.45. The van der Waals surface area contributed by atoms with E-state index in [1.54, 1.807) is 6.07 Å². The molecule has 6 heteroatoms. The Labute approximate surface area is 128 Å². The summed E-state index contributed by atoms with van der Waals surface area (Å²) >= 11 is 5.77. The first kappa shape index (κ1) is 15.8. The third-order valence-corrected chi connectivity index (χ3v) is 3.79. The van der Waals surface area contributed by atoms with Crippen LogP contribution < -0.4 is 5.32 Å². The second kappa shape index (κ2) is 6.91. The van der Waals surface area contributed by atoms with Crippen molar-refractivity contribution < 1.29 is 19.4 Å². The highest BCUT2D eigenvalue weighted by Gasteiger charge is 2.31. The van der Waals surface area contributed by atoms with Crippen LogP contribution in [-0.4, -0.2) is 29.7 Å². The number of carboxylic acids is 1. The minimum atomic E-state index is -1.12. The largest absolute Gasteiger partial charge is 0.478 e. The van der Waals surface area contributed by atoms with Crippen molar-refractivity contribution in [3.8, 4) is 0 Å². The van der Waals surface area contributed by atoms with Gasteiger partial charge in [0.2, 0.25) is 5.91 Å². The zero-order chi connectivity index (χ0) is 15.4. The van der Waals surface area contributed by atoms with Crippen molar-refractivity contribution >= 4 is 29.2 Å². The fourth-order valence-corrected chi connectivity index (χ4v) is 2.65. The van der Waals surface area contributed by atoms with Crippen LogP contribution in [0.25, 0.3) is 0 Å². The zero-order valence-electron chi connectivity index (χ0n) is 11.8. The number of amides is 1. The normalized spacial score (nSPS) is 20.7. The molecule has 0 aliphatic heterocycles. The van der Waals surface area contributed by atoms with Gasteiger partial charge in [-0.25, -0.2) is 4.79 Å². The molecule has 1 aromatic carbocycles. The lowest BCUT2D eigenvalue weighted by Crippen LogP contribution is -2.34. The van der Waals surface area contributed by atoms with Gasteiger partial charge in [-0.3, -0.25) is 4.79 Å². The predicted molar refractivity (Wildman–Crippen MR) is 79.8 cm³/mol. The maximum Gasteiger partial charge on any atom is 0.337 e. The van der Waals surface area contributed by atoms with Gasteiger partial charge < -0.3 is 15.2 Å². The number of ether oxygens (including phenoxy) is 1. The van der Waals surface area contributed by atoms with E-state index in [2.05, 4.69) is 5.32 Å². The summed E-state index contributed by atoms with van der Waals surface area (Å²) in [6, 6.07) is 4.39. The molecule has 0 spiro atoms. The second-order valence-corrected chi connectivity index (χ2v) is 5.60. The molecular weight excluding hydrogens is 294 g/mol. The van der Waals surface area contributed by atoms with Crippen LogP contribution in [0.2, 0.25) is 5.02 Å². The van der Waals surface area contributed by atoms with E-state index in [1.807, 2.05) is 6.92 Å². The van der Waals surface area contributed by atoms with Gasteiger partial charge in [-0.15, -0.1) is 0 Å². The Morgan fingerprint density at radius 3 is 2.76 bits per heavy atom. The number of aromatic carboxylic acids is 1. The monoisotopic (exact) mass is 311 g/mol. The Bertz CT molecular complexity index is 540. The molecule has 1 fully saturated rings. The maximum atomic E-state index is 12.0. The van der Waals surface area contributed by atoms with Crippen LogP contribution >= 0.6 is 11.6 Å². The SMILES string of the molecule is CCOC1CC(CC(=O)Nc2ccc(Cl)cc2C(=O)O)C1. The van der Waals surface area contributed by atoms with Crippen molar-refractivity contribution in [1.82, 2.24) is 0 Å². The highest BCUT2D eigenvalue weighted by molar-refractivity contribution is 6.31. The number of carboxylic acid groups (broad SMARTS) is 1. The second-order valence-electron chi connectivity index (χ2n) is 5.16. The van der Waals surface area contributed by atoms with Crippen molar-refractivity contribution in [1.29, 1.82) is 0 Å². The van der Waals surface area contributed by atoms with E-state index in [9.17, 15) is 9.59 Å². The van der Waals surface area contributed by atoms with Crippen LogP contribution in [0.5, 0.6) is 0 Å². The third-order valence-electron chi connectivity index (χ3n) is 3.56. The summed E-state index contributed by atoms with van der Waals surface area (Å²) in [5.74, 6) is -0.991. The standard InChI is InChI=1S/C15H18ClNO4/c1-2-21-11-5-9(6-11)7-14(18)17-13-4-3-10(16)8-12(13)15(19)20/h3-4,8-9,11H,2,5-7H2,1H3,(H,17,18)(H,19,20). The van der Waals surface area contributed by atoms with Gasteiger partial charge in [0.15, 0.2) is 0 Å². The Morgan fingerprint density at radius 2 is 2.14 bits per heavy atom. The molecule has 0 bridgehead atoms. The Morgan fingerprint density at radius 1 is 1.43 bits per heavy atom. The fourth-order valence-electron chi connectivity index (χ4n) is 2.48. The van der Waals surface area contributed by atoms with Crippen LogP contribution in [0.15, 0.2) is 18.2 Å². The molecular formula is C15H18ClNO4. The molecule has 1 aliphatic carbocycles. The molecule has 21 heavy (non-hydrogen) atoms. The number of rotatable bonds is 6. The molecule has 0 saturated heterocycles. The van der Waals surface area contributed by atoms with E-state index in [0.29, 0.717) is 24.0 Å². The van der Waals surface area contributed by atoms with Crippen molar-refractivity contribution in [2.24, 2.45) is 5.92 Å². The first-order chi connectivity index (χ1) is 9.99. The zero-order valence-corrected chi connectivity index (χ0v) is 12.5. The Balaban J connectivity index is 1.90. The molecule has 1 aromatic rings. The number of benzene rings is 1. The van der Waals surface area contributed by atoms with Crippen LogP contribution in [0.1, 0.15) is 36.5 Å². The summed E-state index contributed by atoms with van der Waals surface area (Å²) in [4.78, 5) is 23.1. The smallest absolute Gasteiger partial charge is 0.337 e. The van der Waals surface area contributed by atoms with Gasteiger partial charge >= 0.3 is 5.97 Å². The van der Waals surface area contributed by atoms with Crippen molar-refractivity contribution in [3.05, 3.63) is 28.8 Å². The van der Waals surface area contributed by atoms with Crippen LogP contribution in [0.3, 0.4) is 0 Å². The molecule has 0 aromatic heterocycles. The highest BCUT2D eigenvalue weighted by atomic mass is 35.5. The molecule has 2 rings (SSSR count). The summed E-state index contributed by atoms with van der Waals surface area (Å²) in [5, 5.41) is 12.1. The summed E-state index contributed by atoms with van der Waals surface area (Å²) in [6.07, 6.45) is 2.41. The number of carbonyl (C=O) groups is 2. The molecule has 0 heterocycles. The van der Waals surface area contributed by atoms with E-state index >= 15 is 0 Å². The summed E-state index contributed by atoms with van der Waals surface area (Å²) in [6.45, 7) is 2.64. The van der Waals surface area contributed by atoms with Crippen LogP contribution in [0.4, 0.5) is 5.69 Å². The van der Waals surface area contributed by atoms with Crippen LogP contribution in [0, 0.1) is 5.92 Å². The van der Waals surface area contributed by atoms with Gasteiger partial charge in [0.05, 0.1) is 17.4 Å². The minimum Gasteiger partial charge on any atom is -0.478 e. The van der Waals surface area contributed by atoms with E-state index in [4.69, 9.17) is 21.4 Å². The first-order valence-electron chi connectivity index (χ1n) is 6.94. The van der Waals surface area contributed by atoms with Gasteiger partial charge in [-0.1, -0.05) is 11.6 Å². The van der Waals surface area contributed by atoms with E-state index in [1.165, 1.54) is 12.1 Å². The van der Waals surface area contributed by atoms with Gasteiger partial charge in [-0.2, -0.15) is 0 Å². The number of halogens is 1. The van der Waals surface area contributed by atoms with Crippen LogP contribution in [-0.2, 0) is 9.53 Å². The fraction of sp³-hybridized carbons (Fsp3) is 0.467. The third kappa shape index (κ3) is 4.19.